The van der Waals surface area contributed by atoms with Gasteiger partial charge in [0.1, 0.15) is 4.88 Å². The van der Waals surface area contributed by atoms with Gasteiger partial charge in [0.05, 0.1) is 0 Å². The minimum Gasteiger partial charge on any atom is -0.448 e. The third kappa shape index (κ3) is 3.45. The predicted octanol–water partition coefficient (Wildman–Crippen LogP) is 3.24. The number of esters is 1. The van der Waals surface area contributed by atoms with Crippen LogP contribution in [0, 0.1) is 6.92 Å². The Kier molecular flexibility index (Phi) is 4.53. The van der Waals surface area contributed by atoms with Crippen LogP contribution in [-0.2, 0) is 9.53 Å². The molecule has 0 aliphatic heterocycles. The van der Waals surface area contributed by atoms with Crippen molar-refractivity contribution >= 4 is 28.9 Å². The summed E-state index contributed by atoms with van der Waals surface area (Å²) in [6.45, 7) is 3.39. The second-order valence-electron chi connectivity index (χ2n) is 4.34. The predicted molar refractivity (Wildman–Crippen MR) is 79.0 cm³/mol. The molecule has 0 fully saturated rings. The molecular formula is C15H15NO3S. The topological polar surface area (TPSA) is 55.4 Å². The third-order valence-corrected chi connectivity index (χ3v) is 3.74. The van der Waals surface area contributed by atoms with E-state index >= 15 is 0 Å². The average Bonchev–Trinajstić information content (AvgIpc) is 2.86. The van der Waals surface area contributed by atoms with E-state index in [4.69, 9.17) is 4.74 Å². The zero-order chi connectivity index (χ0) is 14.5. The van der Waals surface area contributed by atoms with Crippen molar-refractivity contribution in [1.29, 1.82) is 0 Å². The highest BCUT2D eigenvalue weighted by Crippen LogP contribution is 2.17. The van der Waals surface area contributed by atoms with Crippen molar-refractivity contribution < 1.29 is 14.3 Å². The molecule has 0 spiro atoms. The first kappa shape index (κ1) is 14.3. The SMILES string of the molecule is Cc1ccsc1C(=O)OC(C)C(=O)Nc1ccccc1. The maximum atomic E-state index is 11.9. The van der Waals surface area contributed by atoms with Crippen LogP contribution in [0.25, 0.3) is 0 Å². The van der Waals surface area contributed by atoms with E-state index in [0.29, 0.717) is 10.6 Å². The molecule has 1 heterocycles. The van der Waals surface area contributed by atoms with E-state index in [0.717, 1.165) is 5.56 Å². The number of aryl methyl sites for hydroxylation is 1. The molecule has 1 aromatic carbocycles. The second kappa shape index (κ2) is 6.34. The summed E-state index contributed by atoms with van der Waals surface area (Å²) in [5.41, 5.74) is 1.53. The molecule has 104 valence electrons. The molecule has 0 bridgehead atoms. The first-order valence-corrected chi connectivity index (χ1v) is 7.07. The van der Waals surface area contributed by atoms with Gasteiger partial charge in [0.15, 0.2) is 6.10 Å². The van der Waals surface area contributed by atoms with Crippen LogP contribution in [0.3, 0.4) is 0 Å². The molecule has 0 radical (unpaired) electrons. The van der Waals surface area contributed by atoms with Crippen LogP contribution in [0.1, 0.15) is 22.2 Å². The third-order valence-electron chi connectivity index (χ3n) is 2.74. The Labute approximate surface area is 121 Å². The van der Waals surface area contributed by atoms with Gasteiger partial charge in [-0.25, -0.2) is 4.79 Å². The lowest BCUT2D eigenvalue weighted by Gasteiger charge is -2.13. The first-order valence-electron chi connectivity index (χ1n) is 6.19. The molecule has 0 aliphatic rings. The van der Waals surface area contributed by atoms with Crippen LogP contribution in [0.15, 0.2) is 41.8 Å². The summed E-state index contributed by atoms with van der Waals surface area (Å²) in [4.78, 5) is 24.4. The summed E-state index contributed by atoms with van der Waals surface area (Å²) in [7, 11) is 0. The van der Waals surface area contributed by atoms with Crippen molar-refractivity contribution in [2.24, 2.45) is 0 Å². The number of carbonyl (C=O) groups excluding carboxylic acids is 2. The standard InChI is InChI=1S/C15H15NO3S/c1-10-8-9-20-13(10)15(18)19-11(2)14(17)16-12-6-4-3-5-7-12/h3-9,11H,1-2H3,(H,16,17). The van der Waals surface area contributed by atoms with Crippen LogP contribution in [0.2, 0.25) is 0 Å². The average molecular weight is 289 g/mol. The molecule has 2 aromatic rings. The van der Waals surface area contributed by atoms with Crippen LogP contribution in [0.5, 0.6) is 0 Å². The lowest BCUT2D eigenvalue weighted by molar-refractivity contribution is -0.123. The molecule has 0 saturated heterocycles. The Balaban J connectivity index is 1.95. The van der Waals surface area contributed by atoms with Crippen molar-refractivity contribution in [2.45, 2.75) is 20.0 Å². The monoisotopic (exact) mass is 289 g/mol. The highest BCUT2D eigenvalue weighted by Gasteiger charge is 2.20. The second-order valence-corrected chi connectivity index (χ2v) is 5.25. The van der Waals surface area contributed by atoms with Crippen molar-refractivity contribution in [1.82, 2.24) is 0 Å². The van der Waals surface area contributed by atoms with Crippen molar-refractivity contribution in [3.8, 4) is 0 Å². The van der Waals surface area contributed by atoms with Crippen LogP contribution in [0.4, 0.5) is 5.69 Å². The number of rotatable bonds is 4. The van der Waals surface area contributed by atoms with Crippen molar-refractivity contribution in [3.63, 3.8) is 0 Å². The zero-order valence-electron chi connectivity index (χ0n) is 11.3. The molecule has 1 atom stereocenters. The molecule has 4 nitrogen and oxygen atoms in total. The van der Waals surface area contributed by atoms with Gasteiger partial charge in [-0.1, -0.05) is 18.2 Å². The molecule has 1 N–H and O–H groups in total. The van der Waals surface area contributed by atoms with Crippen molar-refractivity contribution in [3.05, 3.63) is 52.2 Å². The lowest BCUT2D eigenvalue weighted by atomic mass is 10.3. The van der Waals surface area contributed by atoms with Gasteiger partial charge in [-0.2, -0.15) is 0 Å². The van der Waals surface area contributed by atoms with Gasteiger partial charge in [-0.05, 0) is 43.0 Å². The van der Waals surface area contributed by atoms with Crippen LogP contribution in [-0.4, -0.2) is 18.0 Å². The number of para-hydroxylation sites is 1. The molecule has 20 heavy (non-hydrogen) atoms. The van der Waals surface area contributed by atoms with Gasteiger partial charge in [-0.3, -0.25) is 4.79 Å². The Morgan fingerprint density at radius 2 is 1.90 bits per heavy atom. The van der Waals surface area contributed by atoms with Gasteiger partial charge in [0.2, 0.25) is 0 Å². The van der Waals surface area contributed by atoms with E-state index in [9.17, 15) is 9.59 Å². The van der Waals surface area contributed by atoms with E-state index in [1.807, 2.05) is 36.6 Å². The van der Waals surface area contributed by atoms with Crippen molar-refractivity contribution in [2.75, 3.05) is 5.32 Å². The normalized spacial score (nSPS) is 11.7. The summed E-state index contributed by atoms with van der Waals surface area (Å²) in [6.07, 6.45) is -0.843. The fraction of sp³-hybridized carbons (Fsp3) is 0.200. The summed E-state index contributed by atoms with van der Waals surface area (Å²) in [5, 5.41) is 4.51. The minimum atomic E-state index is -0.843. The molecule has 5 heteroatoms. The highest BCUT2D eigenvalue weighted by atomic mass is 32.1. The van der Waals surface area contributed by atoms with Gasteiger partial charge >= 0.3 is 5.97 Å². The van der Waals surface area contributed by atoms with Gasteiger partial charge in [0.25, 0.3) is 5.91 Å². The van der Waals surface area contributed by atoms with E-state index < -0.39 is 12.1 Å². The number of hydrogen-bond acceptors (Lipinski definition) is 4. The Morgan fingerprint density at radius 3 is 2.50 bits per heavy atom. The first-order chi connectivity index (χ1) is 9.58. The molecule has 1 amide bonds. The molecule has 0 saturated carbocycles. The fourth-order valence-electron chi connectivity index (χ4n) is 1.61. The number of benzene rings is 1. The lowest BCUT2D eigenvalue weighted by Crippen LogP contribution is -2.29. The van der Waals surface area contributed by atoms with Crippen LogP contribution < -0.4 is 5.32 Å². The Morgan fingerprint density at radius 1 is 1.20 bits per heavy atom. The molecule has 0 aliphatic carbocycles. The van der Waals surface area contributed by atoms with E-state index in [1.54, 1.807) is 19.1 Å². The number of thiophene rings is 1. The smallest absolute Gasteiger partial charge is 0.349 e. The van der Waals surface area contributed by atoms with Crippen LogP contribution >= 0.6 is 11.3 Å². The summed E-state index contributed by atoms with van der Waals surface area (Å²) in [5.74, 6) is -0.813. The zero-order valence-corrected chi connectivity index (χ0v) is 12.1. The Bertz CT molecular complexity index is 607. The largest absolute Gasteiger partial charge is 0.448 e. The summed E-state index contributed by atoms with van der Waals surface area (Å²) in [6, 6.07) is 10.9. The molecule has 1 aromatic heterocycles. The van der Waals surface area contributed by atoms with Gasteiger partial charge in [-0.15, -0.1) is 11.3 Å². The van der Waals surface area contributed by atoms with E-state index in [-0.39, 0.29) is 5.91 Å². The van der Waals surface area contributed by atoms with Gasteiger partial charge < -0.3 is 10.1 Å². The minimum absolute atomic E-state index is 0.348. The van der Waals surface area contributed by atoms with E-state index in [1.165, 1.54) is 11.3 Å². The number of carbonyl (C=O) groups is 2. The molecule has 1 unspecified atom stereocenters. The number of ether oxygens (including phenoxy) is 1. The summed E-state index contributed by atoms with van der Waals surface area (Å²) >= 11 is 1.31. The molecule has 2 rings (SSSR count). The fourth-order valence-corrected chi connectivity index (χ4v) is 2.42. The number of amides is 1. The highest BCUT2D eigenvalue weighted by molar-refractivity contribution is 7.12. The maximum Gasteiger partial charge on any atom is 0.349 e. The maximum absolute atomic E-state index is 11.9. The Hall–Kier alpha value is -2.14. The molecular weight excluding hydrogens is 274 g/mol. The number of hydrogen-bond donors (Lipinski definition) is 1. The number of anilines is 1. The quantitative estimate of drug-likeness (QED) is 0.879. The summed E-state index contributed by atoms with van der Waals surface area (Å²) < 4.78 is 5.17. The number of nitrogens with one attached hydrogen (secondary N) is 1. The van der Waals surface area contributed by atoms with Gasteiger partial charge in [0, 0.05) is 5.69 Å². The van der Waals surface area contributed by atoms with E-state index in [2.05, 4.69) is 5.32 Å².